The minimum absolute atomic E-state index is 0.675. The lowest BCUT2D eigenvalue weighted by Gasteiger charge is -2.20. The van der Waals surface area contributed by atoms with Gasteiger partial charge in [-0.3, -0.25) is 0 Å². The summed E-state index contributed by atoms with van der Waals surface area (Å²) < 4.78 is 5.99. The third-order valence-corrected chi connectivity index (χ3v) is 3.77. The Balaban J connectivity index is 1.89. The number of aryl methyl sites for hydroxylation is 1. The van der Waals surface area contributed by atoms with Crippen molar-refractivity contribution >= 4 is 0 Å². The van der Waals surface area contributed by atoms with Crippen molar-refractivity contribution in [3.05, 3.63) is 29.3 Å². The van der Waals surface area contributed by atoms with Crippen LogP contribution in [0.4, 0.5) is 0 Å². The first-order valence-electron chi connectivity index (χ1n) is 7.19. The first kappa shape index (κ1) is 13.4. The van der Waals surface area contributed by atoms with Crippen molar-refractivity contribution in [2.45, 2.75) is 39.0 Å². The van der Waals surface area contributed by atoms with E-state index in [2.05, 4.69) is 30.4 Å². The van der Waals surface area contributed by atoms with Gasteiger partial charge in [-0.15, -0.1) is 0 Å². The van der Waals surface area contributed by atoms with Crippen molar-refractivity contribution in [2.24, 2.45) is 5.92 Å². The quantitative estimate of drug-likeness (QED) is 0.833. The SMILES string of the molecule is CNCC(C)CCOc1cccc2c1CCCC2. The molecular formula is C16H25NO. The van der Waals surface area contributed by atoms with Gasteiger partial charge in [-0.1, -0.05) is 19.1 Å². The van der Waals surface area contributed by atoms with Crippen LogP contribution in [-0.4, -0.2) is 20.2 Å². The molecule has 0 aromatic heterocycles. The van der Waals surface area contributed by atoms with Gasteiger partial charge in [0.05, 0.1) is 6.61 Å². The number of hydrogen-bond donors (Lipinski definition) is 1. The van der Waals surface area contributed by atoms with E-state index in [1.54, 1.807) is 0 Å². The third kappa shape index (κ3) is 3.49. The highest BCUT2D eigenvalue weighted by Crippen LogP contribution is 2.29. The lowest BCUT2D eigenvalue weighted by atomic mass is 9.91. The molecule has 1 aliphatic rings. The fraction of sp³-hybridized carbons (Fsp3) is 0.625. The normalized spacial score (nSPS) is 16.1. The van der Waals surface area contributed by atoms with Gasteiger partial charge < -0.3 is 10.1 Å². The van der Waals surface area contributed by atoms with E-state index in [1.807, 2.05) is 7.05 Å². The van der Waals surface area contributed by atoms with E-state index in [-0.39, 0.29) is 0 Å². The Hall–Kier alpha value is -1.02. The molecule has 0 saturated heterocycles. The molecular weight excluding hydrogens is 222 g/mol. The largest absolute Gasteiger partial charge is 0.493 e. The monoisotopic (exact) mass is 247 g/mol. The fourth-order valence-electron chi connectivity index (χ4n) is 2.70. The zero-order valence-corrected chi connectivity index (χ0v) is 11.7. The first-order chi connectivity index (χ1) is 8.81. The van der Waals surface area contributed by atoms with E-state index in [0.717, 1.165) is 25.3 Å². The summed E-state index contributed by atoms with van der Waals surface area (Å²) in [5.41, 5.74) is 2.96. The van der Waals surface area contributed by atoms with E-state index in [9.17, 15) is 0 Å². The van der Waals surface area contributed by atoms with Crippen LogP contribution < -0.4 is 10.1 Å². The Labute approximate surface area is 111 Å². The van der Waals surface area contributed by atoms with Crippen molar-refractivity contribution in [1.29, 1.82) is 0 Å². The fourth-order valence-corrected chi connectivity index (χ4v) is 2.70. The van der Waals surface area contributed by atoms with Crippen molar-refractivity contribution in [3.63, 3.8) is 0 Å². The Morgan fingerprint density at radius 2 is 2.11 bits per heavy atom. The Morgan fingerprint density at radius 3 is 2.94 bits per heavy atom. The predicted molar refractivity (Wildman–Crippen MR) is 76.3 cm³/mol. The van der Waals surface area contributed by atoms with Crippen LogP contribution in [0.3, 0.4) is 0 Å². The molecule has 0 radical (unpaired) electrons. The number of rotatable bonds is 6. The summed E-state index contributed by atoms with van der Waals surface area (Å²) in [5, 5.41) is 3.21. The van der Waals surface area contributed by atoms with Crippen LogP contribution in [0.15, 0.2) is 18.2 Å². The van der Waals surface area contributed by atoms with Crippen LogP contribution in [-0.2, 0) is 12.8 Å². The summed E-state index contributed by atoms with van der Waals surface area (Å²) in [5.74, 6) is 1.80. The zero-order chi connectivity index (χ0) is 12.8. The molecule has 2 rings (SSSR count). The number of fused-ring (bicyclic) bond motifs is 1. The molecule has 1 aromatic carbocycles. The lowest BCUT2D eigenvalue weighted by molar-refractivity contribution is 0.279. The first-order valence-corrected chi connectivity index (χ1v) is 7.19. The molecule has 100 valence electrons. The summed E-state index contributed by atoms with van der Waals surface area (Å²) in [6.45, 7) is 4.16. The molecule has 0 fully saturated rings. The Morgan fingerprint density at radius 1 is 1.28 bits per heavy atom. The van der Waals surface area contributed by atoms with Gasteiger partial charge in [0.25, 0.3) is 0 Å². The second-order valence-corrected chi connectivity index (χ2v) is 5.40. The highest BCUT2D eigenvalue weighted by molar-refractivity contribution is 5.41. The number of nitrogens with one attached hydrogen (secondary N) is 1. The third-order valence-electron chi connectivity index (χ3n) is 3.77. The molecule has 1 aromatic rings. The Kier molecular flexibility index (Phi) is 5.06. The topological polar surface area (TPSA) is 21.3 Å². The van der Waals surface area contributed by atoms with Crippen LogP contribution in [0.25, 0.3) is 0 Å². The molecule has 0 amide bonds. The molecule has 0 bridgehead atoms. The van der Waals surface area contributed by atoms with Gasteiger partial charge in [0.2, 0.25) is 0 Å². The van der Waals surface area contributed by atoms with Crippen molar-refractivity contribution < 1.29 is 4.74 Å². The zero-order valence-electron chi connectivity index (χ0n) is 11.7. The van der Waals surface area contributed by atoms with Crippen LogP contribution in [0.2, 0.25) is 0 Å². The lowest BCUT2D eigenvalue weighted by Crippen LogP contribution is -2.18. The van der Waals surface area contributed by atoms with Crippen LogP contribution in [0.1, 0.15) is 37.3 Å². The van der Waals surface area contributed by atoms with Gasteiger partial charge in [0.15, 0.2) is 0 Å². The molecule has 1 atom stereocenters. The molecule has 18 heavy (non-hydrogen) atoms. The van der Waals surface area contributed by atoms with E-state index < -0.39 is 0 Å². The minimum atomic E-state index is 0.675. The maximum absolute atomic E-state index is 5.99. The summed E-state index contributed by atoms with van der Waals surface area (Å²) in [6.07, 6.45) is 6.17. The number of hydrogen-bond acceptors (Lipinski definition) is 2. The van der Waals surface area contributed by atoms with Crippen molar-refractivity contribution in [1.82, 2.24) is 5.32 Å². The van der Waals surface area contributed by atoms with Gasteiger partial charge in [-0.25, -0.2) is 0 Å². The molecule has 2 nitrogen and oxygen atoms in total. The molecule has 0 spiro atoms. The average molecular weight is 247 g/mol. The summed E-state index contributed by atoms with van der Waals surface area (Å²) >= 11 is 0. The van der Waals surface area contributed by atoms with Gasteiger partial charge >= 0.3 is 0 Å². The standard InChI is InChI=1S/C16H25NO/c1-13(12-17-2)10-11-18-16-9-5-7-14-6-3-4-8-15(14)16/h5,7,9,13,17H,3-4,6,8,10-12H2,1-2H3. The number of ether oxygens (including phenoxy) is 1. The average Bonchev–Trinajstić information content (AvgIpc) is 2.39. The smallest absolute Gasteiger partial charge is 0.122 e. The molecule has 0 aliphatic heterocycles. The Bertz CT molecular complexity index is 375. The minimum Gasteiger partial charge on any atom is -0.493 e. The van der Waals surface area contributed by atoms with E-state index in [4.69, 9.17) is 4.74 Å². The van der Waals surface area contributed by atoms with E-state index in [1.165, 1.54) is 36.8 Å². The summed E-state index contributed by atoms with van der Waals surface area (Å²) in [4.78, 5) is 0. The van der Waals surface area contributed by atoms with Gasteiger partial charge in [0, 0.05) is 0 Å². The molecule has 2 heteroatoms. The maximum Gasteiger partial charge on any atom is 0.122 e. The van der Waals surface area contributed by atoms with E-state index >= 15 is 0 Å². The summed E-state index contributed by atoms with van der Waals surface area (Å²) in [7, 11) is 2.00. The second-order valence-electron chi connectivity index (χ2n) is 5.40. The van der Waals surface area contributed by atoms with Gasteiger partial charge in [0.1, 0.15) is 5.75 Å². The molecule has 1 aliphatic carbocycles. The highest BCUT2D eigenvalue weighted by Gasteiger charge is 2.13. The van der Waals surface area contributed by atoms with Gasteiger partial charge in [-0.05, 0) is 68.8 Å². The number of benzene rings is 1. The molecule has 0 saturated carbocycles. The predicted octanol–water partition coefficient (Wildman–Crippen LogP) is 3.19. The molecule has 0 heterocycles. The second kappa shape index (κ2) is 6.79. The maximum atomic E-state index is 5.99. The van der Waals surface area contributed by atoms with Crippen molar-refractivity contribution in [3.8, 4) is 5.75 Å². The van der Waals surface area contributed by atoms with Crippen LogP contribution in [0, 0.1) is 5.92 Å². The van der Waals surface area contributed by atoms with Gasteiger partial charge in [-0.2, -0.15) is 0 Å². The molecule has 1 N–H and O–H groups in total. The highest BCUT2D eigenvalue weighted by atomic mass is 16.5. The van der Waals surface area contributed by atoms with Crippen LogP contribution >= 0.6 is 0 Å². The summed E-state index contributed by atoms with van der Waals surface area (Å²) in [6, 6.07) is 6.52. The molecule has 1 unspecified atom stereocenters. The van der Waals surface area contributed by atoms with Crippen molar-refractivity contribution in [2.75, 3.05) is 20.2 Å². The van der Waals surface area contributed by atoms with E-state index in [0.29, 0.717) is 5.92 Å². The van der Waals surface area contributed by atoms with Crippen LogP contribution in [0.5, 0.6) is 5.75 Å².